The van der Waals surface area contributed by atoms with Gasteiger partial charge in [0.2, 0.25) is 5.91 Å². The average molecular weight is 406 g/mol. The number of aromatic amines is 1. The summed E-state index contributed by atoms with van der Waals surface area (Å²) in [5.74, 6) is -0.228. The lowest BCUT2D eigenvalue weighted by molar-refractivity contribution is -0.132. The number of rotatable bonds is 7. The number of H-pyrrole nitrogens is 1. The van der Waals surface area contributed by atoms with Crippen LogP contribution < -0.4 is 10.9 Å². The first-order chi connectivity index (χ1) is 13.6. The van der Waals surface area contributed by atoms with E-state index in [-0.39, 0.29) is 37.9 Å². The highest BCUT2D eigenvalue weighted by atomic mass is 16.2. The van der Waals surface area contributed by atoms with E-state index in [1.54, 1.807) is 12.1 Å². The number of aromatic nitrogens is 2. The van der Waals surface area contributed by atoms with Gasteiger partial charge in [-0.15, -0.1) is 0 Å². The third kappa shape index (κ3) is 6.51. The van der Waals surface area contributed by atoms with E-state index in [0.29, 0.717) is 17.5 Å². The second kappa shape index (κ2) is 10.9. The van der Waals surface area contributed by atoms with Gasteiger partial charge in [0.25, 0.3) is 5.56 Å². The van der Waals surface area contributed by atoms with E-state index in [1.165, 1.54) is 0 Å². The quantitative estimate of drug-likeness (QED) is 0.708. The van der Waals surface area contributed by atoms with E-state index >= 15 is 0 Å². The number of ketones is 1. The summed E-state index contributed by atoms with van der Waals surface area (Å²) >= 11 is 0. The largest absolute Gasteiger partial charge is 0.346 e. The molecule has 0 saturated carbocycles. The number of benzene rings is 1. The molecule has 6 heteroatoms. The molecule has 1 aromatic heterocycles. The fourth-order valence-electron chi connectivity index (χ4n) is 3.03. The Morgan fingerprint density at radius 2 is 1.76 bits per heavy atom. The first kappa shape index (κ1) is 24.5. The van der Waals surface area contributed by atoms with Crippen LogP contribution >= 0.6 is 0 Å². The number of aryl methyl sites for hydroxylation is 1. The summed E-state index contributed by atoms with van der Waals surface area (Å²) in [4.78, 5) is 37.1. The fraction of sp³-hybridized carbons (Fsp3) is 0.565. The molecule has 0 saturated heterocycles. The minimum absolute atomic E-state index is 0. The van der Waals surface area contributed by atoms with Crippen molar-refractivity contribution >= 4 is 22.5 Å². The molecule has 1 aromatic carbocycles. The van der Waals surface area contributed by atoms with E-state index in [9.17, 15) is 14.4 Å². The third-order valence-corrected chi connectivity index (χ3v) is 4.92. The molecule has 29 heavy (non-hydrogen) atoms. The molecule has 2 rings (SSSR count). The van der Waals surface area contributed by atoms with Crippen LogP contribution in [0, 0.1) is 11.3 Å². The Morgan fingerprint density at radius 3 is 2.31 bits per heavy atom. The molecule has 0 bridgehead atoms. The maximum atomic E-state index is 12.7. The van der Waals surface area contributed by atoms with Crippen molar-refractivity contribution in [2.45, 2.75) is 73.8 Å². The van der Waals surface area contributed by atoms with Crippen molar-refractivity contribution in [1.82, 2.24) is 15.5 Å². The first-order valence-corrected chi connectivity index (χ1v) is 10.4. The highest BCUT2D eigenvalue weighted by molar-refractivity contribution is 5.91. The number of amides is 1. The molecule has 2 N–H and O–H groups in total. The maximum Gasteiger partial charge on any atom is 0.272 e. The zero-order valence-corrected chi connectivity index (χ0v) is 18.8. The molecule has 164 valence electrons. The van der Waals surface area contributed by atoms with Gasteiger partial charge in [-0.1, -0.05) is 66.7 Å². The summed E-state index contributed by atoms with van der Waals surface area (Å²) in [7, 11) is 0. The van der Waals surface area contributed by atoms with Gasteiger partial charge < -0.3 is 5.32 Å². The van der Waals surface area contributed by atoms with Crippen LogP contribution in [-0.4, -0.2) is 27.9 Å². The number of carbonyl (C=O) groups is 2. The van der Waals surface area contributed by atoms with Crippen molar-refractivity contribution in [2.75, 3.05) is 0 Å². The van der Waals surface area contributed by atoms with E-state index in [4.69, 9.17) is 0 Å². The van der Waals surface area contributed by atoms with E-state index in [0.717, 1.165) is 11.8 Å². The van der Waals surface area contributed by atoms with Crippen LogP contribution in [0.15, 0.2) is 29.1 Å². The van der Waals surface area contributed by atoms with Gasteiger partial charge in [-0.3, -0.25) is 14.4 Å². The fourth-order valence-corrected chi connectivity index (χ4v) is 3.03. The summed E-state index contributed by atoms with van der Waals surface area (Å²) in [6, 6.07) is 6.67. The molecule has 0 aliphatic rings. The third-order valence-electron chi connectivity index (χ3n) is 4.92. The standard InChI is InChI=1S/C21H29N3O3.C2H6.2H2/c1-6-13(2)18(26)19(21(3,4)5)22-17(25)12-11-16-14-9-7-8-10-15(14)20(27)24-23-16;1-2;;/h7-10,13,19H,6,11-12H2,1-5H3,(H,22,25)(H,24,27);1-2H3;2*1H. The van der Waals surface area contributed by atoms with Crippen LogP contribution in [0.2, 0.25) is 0 Å². The van der Waals surface area contributed by atoms with E-state index < -0.39 is 6.04 Å². The average Bonchev–Trinajstić information content (AvgIpc) is 2.71. The molecular weight excluding hydrogens is 366 g/mol. The van der Waals surface area contributed by atoms with Gasteiger partial charge in [-0.2, -0.15) is 5.10 Å². The van der Waals surface area contributed by atoms with E-state index in [1.807, 2.05) is 60.6 Å². The Morgan fingerprint density at radius 1 is 1.17 bits per heavy atom. The molecule has 1 amide bonds. The molecule has 0 fully saturated rings. The van der Waals surface area contributed by atoms with Gasteiger partial charge in [0.05, 0.1) is 17.1 Å². The summed E-state index contributed by atoms with van der Waals surface area (Å²) < 4.78 is 0. The van der Waals surface area contributed by atoms with Crippen LogP contribution in [0.5, 0.6) is 0 Å². The van der Waals surface area contributed by atoms with Gasteiger partial charge in [-0.25, -0.2) is 5.10 Å². The van der Waals surface area contributed by atoms with Crippen LogP contribution in [-0.2, 0) is 16.0 Å². The number of Topliss-reactive ketones (excluding diaryl/α,β-unsaturated/α-hetero) is 1. The topological polar surface area (TPSA) is 91.9 Å². The molecule has 2 atom stereocenters. The monoisotopic (exact) mass is 405 g/mol. The molecule has 6 nitrogen and oxygen atoms in total. The molecule has 2 aromatic rings. The summed E-state index contributed by atoms with van der Waals surface area (Å²) in [5, 5.41) is 10.8. The van der Waals surface area contributed by atoms with Crippen molar-refractivity contribution in [3.8, 4) is 0 Å². The lowest BCUT2D eigenvalue weighted by atomic mass is 9.80. The Bertz CT molecular complexity index is 892. The van der Waals surface area contributed by atoms with Gasteiger partial charge in [0.1, 0.15) is 0 Å². The van der Waals surface area contributed by atoms with Crippen LogP contribution in [0.1, 0.15) is 69.9 Å². The molecule has 0 radical (unpaired) electrons. The minimum Gasteiger partial charge on any atom is -0.346 e. The number of hydrogen-bond acceptors (Lipinski definition) is 4. The first-order valence-electron chi connectivity index (χ1n) is 10.4. The Kier molecular flexibility index (Phi) is 9.21. The van der Waals surface area contributed by atoms with Gasteiger partial charge in [0, 0.05) is 27.0 Å². The van der Waals surface area contributed by atoms with Crippen molar-refractivity contribution in [1.29, 1.82) is 0 Å². The van der Waals surface area contributed by atoms with Crippen molar-refractivity contribution < 1.29 is 12.4 Å². The predicted octanol–water partition coefficient (Wildman–Crippen LogP) is 4.52. The Labute approximate surface area is 176 Å². The molecule has 2 unspecified atom stereocenters. The predicted molar refractivity (Wildman–Crippen MR) is 122 cm³/mol. The smallest absolute Gasteiger partial charge is 0.272 e. The lowest BCUT2D eigenvalue weighted by Gasteiger charge is -2.32. The maximum absolute atomic E-state index is 12.7. The summed E-state index contributed by atoms with van der Waals surface area (Å²) in [6.07, 6.45) is 1.33. The lowest BCUT2D eigenvalue weighted by Crippen LogP contribution is -2.50. The molecule has 1 heterocycles. The van der Waals surface area contributed by atoms with Crippen LogP contribution in [0.25, 0.3) is 10.8 Å². The van der Waals surface area contributed by atoms with Crippen molar-refractivity contribution in [3.63, 3.8) is 0 Å². The summed E-state index contributed by atoms with van der Waals surface area (Å²) in [6.45, 7) is 13.7. The Hall–Kier alpha value is -2.50. The second-order valence-electron chi connectivity index (χ2n) is 8.12. The molecular formula is C23H39N3O3. The second-order valence-corrected chi connectivity index (χ2v) is 8.12. The van der Waals surface area contributed by atoms with Crippen molar-refractivity contribution in [3.05, 3.63) is 40.3 Å². The van der Waals surface area contributed by atoms with Gasteiger partial charge in [0.15, 0.2) is 5.78 Å². The van der Waals surface area contributed by atoms with Gasteiger partial charge >= 0.3 is 0 Å². The number of nitrogens with one attached hydrogen (secondary N) is 2. The SMILES string of the molecule is CC.CCC(C)C(=O)C(NC(=O)CCc1n[nH]c(=O)c2ccccc12)C(C)(C)C.[HH].[HH]. The molecule has 0 spiro atoms. The highest BCUT2D eigenvalue weighted by Gasteiger charge is 2.34. The van der Waals surface area contributed by atoms with Crippen molar-refractivity contribution in [2.24, 2.45) is 11.3 Å². The number of nitrogens with zero attached hydrogens (tertiary/aromatic N) is 1. The molecule has 0 aliphatic carbocycles. The summed E-state index contributed by atoms with van der Waals surface area (Å²) in [5.41, 5.74) is 0.0608. The highest BCUT2D eigenvalue weighted by Crippen LogP contribution is 2.24. The van der Waals surface area contributed by atoms with Crippen LogP contribution in [0.3, 0.4) is 0 Å². The number of carbonyl (C=O) groups excluding carboxylic acids is 2. The Balaban J connectivity index is 0. The number of fused-ring (bicyclic) bond motifs is 1. The normalized spacial score (nSPS) is 13.2. The zero-order chi connectivity index (χ0) is 22.2. The number of hydrogen-bond donors (Lipinski definition) is 2. The van der Waals surface area contributed by atoms with E-state index in [2.05, 4.69) is 15.5 Å². The van der Waals surface area contributed by atoms with Crippen LogP contribution in [0.4, 0.5) is 0 Å². The molecule has 0 aliphatic heterocycles. The zero-order valence-electron chi connectivity index (χ0n) is 18.8. The van der Waals surface area contributed by atoms with Gasteiger partial charge in [-0.05, 0) is 17.9 Å². The minimum atomic E-state index is -0.528.